The van der Waals surface area contributed by atoms with E-state index in [1.54, 1.807) is 0 Å². The molecule has 3 aliphatic heterocycles. The quantitative estimate of drug-likeness (QED) is 0.199. The summed E-state index contributed by atoms with van der Waals surface area (Å²) in [7, 11) is 4.25. The van der Waals surface area contributed by atoms with Crippen molar-refractivity contribution in [3.63, 3.8) is 0 Å². The van der Waals surface area contributed by atoms with Gasteiger partial charge in [-0.3, -0.25) is 0 Å². The Labute approximate surface area is 273 Å². The molecule has 234 valence electrons. The highest BCUT2D eigenvalue weighted by Gasteiger charge is 2.31. The lowest BCUT2D eigenvalue weighted by atomic mass is 9.86. The Morgan fingerprint density at radius 2 is 1.20 bits per heavy atom. The van der Waals surface area contributed by atoms with Crippen molar-refractivity contribution in [2.24, 2.45) is 0 Å². The molecule has 0 unspecified atom stereocenters. The average Bonchev–Trinajstić information content (AvgIpc) is 3.74. The molecule has 1 aromatic heterocycles. The molecule has 0 radical (unpaired) electrons. The van der Waals surface area contributed by atoms with E-state index >= 15 is 0 Å². The van der Waals surface area contributed by atoms with Crippen LogP contribution in [0.15, 0.2) is 97.6 Å². The molecule has 0 aliphatic carbocycles. The molecule has 0 atom stereocenters. The molecule has 0 amide bonds. The lowest BCUT2D eigenvalue weighted by Gasteiger charge is -2.35. The summed E-state index contributed by atoms with van der Waals surface area (Å²) in [6.45, 7) is 15.5. The fourth-order valence-corrected chi connectivity index (χ4v) is 7.13. The van der Waals surface area contributed by atoms with Crippen LogP contribution in [0.5, 0.6) is 0 Å². The van der Waals surface area contributed by atoms with Crippen LogP contribution in [0.25, 0.3) is 27.5 Å². The second kappa shape index (κ2) is 9.83. The van der Waals surface area contributed by atoms with E-state index in [1.807, 2.05) is 0 Å². The van der Waals surface area contributed by atoms with Crippen molar-refractivity contribution in [2.75, 3.05) is 42.1 Å². The van der Waals surface area contributed by atoms with Gasteiger partial charge in [-0.15, -0.1) is 0 Å². The van der Waals surface area contributed by atoms with Crippen LogP contribution in [-0.2, 0) is 10.8 Å². The lowest BCUT2D eigenvalue weighted by Crippen LogP contribution is -2.24. The summed E-state index contributed by atoms with van der Waals surface area (Å²) >= 11 is 0. The first-order valence-corrected chi connectivity index (χ1v) is 16.3. The topological polar surface area (TPSA) is 21.1 Å². The van der Waals surface area contributed by atoms with Crippen molar-refractivity contribution in [2.45, 2.75) is 52.4 Å². The maximum Gasteiger partial charge on any atom is 0.0938 e. The summed E-state index contributed by atoms with van der Waals surface area (Å²) in [5.74, 6) is 0. The minimum Gasteiger partial charge on any atom is -0.361 e. The van der Waals surface area contributed by atoms with Crippen molar-refractivity contribution >= 4 is 50.2 Å². The summed E-state index contributed by atoms with van der Waals surface area (Å²) in [5.41, 5.74) is 12.4. The van der Waals surface area contributed by atoms with Crippen LogP contribution in [0.1, 0.15) is 52.7 Å². The zero-order chi connectivity index (χ0) is 32.1. The van der Waals surface area contributed by atoms with Gasteiger partial charge in [0.1, 0.15) is 0 Å². The first-order valence-electron chi connectivity index (χ1n) is 16.3. The zero-order valence-corrected chi connectivity index (χ0v) is 28.3. The molecule has 0 N–H and O–H groups in total. The summed E-state index contributed by atoms with van der Waals surface area (Å²) < 4.78 is 2.50. The third-order valence-corrected chi connectivity index (χ3v) is 9.76. The number of fused-ring (bicyclic) bond motifs is 5. The summed E-state index contributed by atoms with van der Waals surface area (Å²) in [6.07, 6.45) is 8.66. The minimum atomic E-state index is -0.0181. The van der Waals surface area contributed by atoms with E-state index in [0.29, 0.717) is 0 Å². The molecule has 0 saturated heterocycles. The van der Waals surface area contributed by atoms with Crippen LogP contribution in [0.4, 0.5) is 28.4 Å². The van der Waals surface area contributed by atoms with Gasteiger partial charge in [0.15, 0.2) is 0 Å². The first-order chi connectivity index (χ1) is 21.9. The molecular weight excluding hydrogens is 564 g/mol. The van der Waals surface area contributed by atoms with Gasteiger partial charge in [0.05, 0.1) is 41.4 Å². The lowest BCUT2D eigenvalue weighted by molar-refractivity contribution is 0.495. The molecular formula is C40H44N6. The predicted molar refractivity (Wildman–Crippen MR) is 195 cm³/mol. The van der Waals surface area contributed by atoms with Crippen molar-refractivity contribution in [1.29, 1.82) is 0 Å². The Balaban J connectivity index is 1.43. The third-order valence-electron chi connectivity index (χ3n) is 9.76. The maximum atomic E-state index is 2.51. The van der Waals surface area contributed by atoms with Crippen molar-refractivity contribution in [1.82, 2.24) is 14.4 Å². The fourth-order valence-electron chi connectivity index (χ4n) is 7.13. The number of rotatable bonds is 3. The van der Waals surface area contributed by atoms with Gasteiger partial charge in [-0.1, -0.05) is 59.7 Å². The van der Waals surface area contributed by atoms with Gasteiger partial charge in [-0.25, -0.2) is 0 Å². The molecule has 8 rings (SSSR count). The van der Waals surface area contributed by atoms with Crippen LogP contribution in [0.2, 0.25) is 0 Å². The molecule has 46 heavy (non-hydrogen) atoms. The fraction of sp³-hybridized carbons (Fsp3) is 0.300. The number of hydrogen-bond donors (Lipinski definition) is 0. The average molecular weight is 609 g/mol. The number of para-hydroxylation sites is 1. The van der Waals surface area contributed by atoms with E-state index in [2.05, 4.69) is 182 Å². The molecule has 6 nitrogen and oxygen atoms in total. The molecule has 4 aromatic carbocycles. The van der Waals surface area contributed by atoms with E-state index in [1.165, 1.54) is 67.1 Å². The Bertz CT molecular complexity index is 2090. The Morgan fingerprint density at radius 1 is 0.522 bits per heavy atom. The van der Waals surface area contributed by atoms with Gasteiger partial charge >= 0.3 is 0 Å². The molecule has 0 fully saturated rings. The molecule has 3 aliphatic rings. The molecule has 0 spiro atoms. The van der Waals surface area contributed by atoms with Crippen molar-refractivity contribution in [3.05, 3.63) is 109 Å². The molecule has 0 saturated carbocycles. The van der Waals surface area contributed by atoms with E-state index in [-0.39, 0.29) is 10.8 Å². The van der Waals surface area contributed by atoms with E-state index in [0.717, 1.165) is 13.3 Å². The van der Waals surface area contributed by atoms with Gasteiger partial charge in [0.2, 0.25) is 0 Å². The van der Waals surface area contributed by atoms with E-state index in [4.69, 9.17) is 0 Å². The first kappa shape index (κ1) is 28.6. The third kappa shape index (κ3) is 4.45. The van der Waals surface area contributed by atoms with Crippen LogP contribution < -0.4 is 14.7 Å². The highest BCUT2D eigenvalue weighted by Crippen LogP contribution is 2.52. The van der Waals surface area contributed by atoms with Gasteiger partial charge in [0.25, 0.3) is 0 Å². The highest BCUT2D eigenvalue weighted by molar-refractivity contribution is 6.17. The molecule has 5 aromatic rings. The highest BCUT2D eigenvalue weighted by atomic mass is 15.3. The normalized spacial score (nSPS) is 16.1. The summed E-state index contributed by atoms with van der Waals surface area (Å²) in [5, 5.41) is 2.60. The SMILES string of the molecule is CN1C=CN(c2cc(N3c4cc(N5C=CN(C)C5)ccc4-n4c5ccc(C(C)(C)C)cc5c5cccc3c54)cc(C(C)(C)C)c2)C1. The number of hydrogen-bond acceptors (Lipinski definition) is 5. The van der Waals surface area contributed by atoms with Crippen LogP contribution in [0.3, 0.4) is 0 Å². The Kier molecular flexibility index (Phi) is 6.12. The Morgan fingerprint density at radius 3 is 1.85 bits per heavy atom. The monoisotopic (exact) mass is 608 g/mol. The van der Waals surface area contributed by atoms with Gasteiger partial charge in [-0.2, -0.15) is 0 Å². The Hall–Kier alpha value is -4.84. The maximum absolute atomic E-state index is 2.51. The molecule has 0 bridgehead atoms. The van der Waals surface area contributed by atoms with Crippen molar-refractivity contribution < 1.29 is 0 Å². The standard InChI is InChI=1S/C40H44N6/c1-39(2,3)27-12-14-34-33(22-27)32-10-9-11-36-38(32)46(34)35-15-13-29(43-18-16-41(7)25-43)24-37(35)45(36)31-21-28(40(4,5)6)20-30(23-31)44-19-17-42(8)26-44/h9-24H,25-26H2,1-8H3. The van der Waals surface area contributed by atoms with Gasteiger partial charge < -0.3 is 29.1 Å². The number of benzene rings is 4. The van der Waals surface area contributed by atoms with Gasteiger partial charge in [-0.05, 0) is 76.6 Å². The van der Waals surface area contributed by atoms with Crippen LogP contribution >= 0.6 is 0 Å². The second-order valence-electron chi connectivity index (χ2n) is 15.3. The van der Waals surface area contributed by atoms with E-state index in [9.17, 15) is 0 Å². The summed E-state index contributed by atoms with van der Waals surface area (Å²) in [6, 6.07) is 28.0. The summed E-state index contributed by atoms with van der Waals surface area (Å²) in [4.78, 5) is 11.6. The minimum absolute atomic E-state index is 0.0181. The zero-order valence-electron chi connectivity index (χ0n) is 28.3. The molecule has 6 heteroatoms. The largest absolute Gasteiger partial charge is 0.361 e. The van der Waals surface area contributed by atoms with Crippen LogP contribution in [0, 0.1) is 0 Å². The number of nitrogens with zero attached hydrogens (tertiary/aromatic N) is 6. The predicted octanol–water partition coefficient (Wildman–Crippen LogP) is 9.52. The van der Waals surface area contributed by atoms with Crippen molar-refractivity contribution in [3.8, 4) is 5.69 Å². The van der Waals surface area contributed by atoms with E-state index < -0.39 is 0 Å². The smallest absolute Gasteiger partial charge is 0.0938 e. The number of aromatic nitrogens is 1. The van der Waals surface area contributed by atoms with Crippen LogP contribution in [-0.4, -0.2) is 41.8 Å². The van der Waals surface area contributed by atoms with Gasteiger partial charge in [0, 0.05) is 66.7 Å². The number of anilines is 5. The second-order valence-corrected chi connectivity index (χ2v) is 15.3. The molecule has 4 heterocycles.